The van der Waals surface area contributed by atoms with Crippen LogP contribution in [0.5, 0.6) is 11.5 Å². The molecule has 0 unspecified atom stereocenters. The van der Waals surface area contributed by atoms with Crippen molar-refractivity contribution in [1.82, 2.24) is 4.90 Å². The minimum Gasteiger partial charge on any atom is -0.497 e. The Hall–Kier alpha value is -1.91. The zero-order valence-electron chi connectivity index (χ0n) is 12.9. The molecule has 122 valence electrons. The number of likely N-dealkylation sites (N-methyl/N-ethyl adjacent to an activating group) is 1. The van der Waals surface area contributed by atoms with Crippen LogP contribution in [0.25, 0.3) is 0 Å². The molecule has 0 radical (unpaired) electrons. The van der Waals surface area contributed by atoms with Crippen LogP contribution in [0.1, 0.15) is 5.56 Å². The predicted octanol–water partition coefficient (Wildman–Crippen LogP) is 4.04. The summed E-state index contributed by atoms with van der Waals surface area (Å²) in [6.07, 6.45) is 0. The third kappa shape index (κ3) is 5.34. The van der Waals surface area contributed by atoms with E-state index in [9.17, 15) is 4.79 Å². The molecule has 6 heteroatoms. The van der Waals surface area contributed by atoms with E-state index in [1.807, 2.05) is 24.3 Å². The highest BCUT2D eigenvalue weighted by atomic mass is 35.5. The van der Waals surface area contributed by atoms with Gasteiger partial charge >= 0.3 is 0 Å². The van der Waals surface area contributed by atoms with Crippen molar-refractivity contribution in [2.75, 3.05) is 20.8 Å². The maximum atomic E-state index is 12.1. The largest absolute Gasteiger partial charge is 0.497 e. The van der Waals surface area contributed by atoms with Gasteiger partial charge in [0.05, 0.1) is 7.11 Å². The van der Waals surface area contributed by atoms with Crippen LogP contribution < -0.4 is 9.47 Å². The van der Waals surface area contributed by atoms with Crippen molar-refractivity contribution < 1.29 is 14.3 Å². The number of amides is 1. The summed E-state index contributed by atoms with van der Waals surface area (Å²) in [4.78, 5) is 13.7. The molecule has 0 aliphatic rings. The van der Waals surface area contributed by atoms with Gasteiger partial charge in [-0.05, 0) is 35.9 Å². The van der Waals surface area contributed by atoms with Crippen LogP contribution in [0.4, 0.5) is 0 Å². The summed E-state index contributed by atoms with van der Waals surface area (Å²) in [7, 11) is 3.34. The first-order valence-electron chi connectivity index (χ1n) is 6.93. The number of rotatable bonds is 6. The van der Waals surface area contributed by atoms with Gasteiger partial charge in [0.25, 0.3) is 5.91 Å². The molecule has 4 nitrogen and oxygen atoms in total. The molecule has 0 atom stereocenters. The Kier molecular flexibility index (Phi) is 6.13. The molecular formula is C17H17Cl2NO3. The molecule has 23 heavy (non-hydrogen) atoms. The quantitative estimate of drug-likeness (QED) is 0.786. The van der Waals surface area contributed by atoms with Crippen LogP contribution in [0.2, 0.25) is 10.0 Å². The second-order valence-electron chi connectivity index (χ2n) is 4.99. The molecule has 0 spiro atoms. The van der Waals surface area contributed by atoms with E-state index < -0.39 is 0 Å². The average molecular weight is 354 g/mol. The summed E-state index contributed by atoms with van der Waals surface area (Å²) < 4.78 is 10.6. The Bertz CT molecular complexity index is 654. The highest BCUT2D eigenvalue weighted by molar-refractivity contribution is 6.34. The van der Waals surface area contributed by atoms with E-state index in [4.69, 9.17) is 32.7 Å². The smallest absolute Gasteiger partial charge is 0.260 e. The molecule has 2 rings (SSSR count). The number of methoxy groups -OCH3 is 1. The van der Waals surface area contributed by atoms with Crippen molar-refractivity contribution in [2.24, 2.45) is 0 Å². The summed E-state index contributed by atoms with van der Waals surface area (Å²) in [5.41, 5.74) is 1.01. The molecule has 0 saturated heterocycles. The van der Waals surface area contributed by atoms with E-state index in [2.05, 4.69) is 0 Å². The zero-order valence-corrected chi connectivity index (χ0v) is 14.4. The first-order chi connectivity index (χ1) is 11.0. The van der Waals surface area contributed by atoms with Gasteiger partial charge in [0.15, 0.2) is 6.61 Å². The van der Waals surface area contributed by atoms with E-state index in [1.54, 1.807) is 37.3 Å². The van der Waals surface area contributed by atoms with Crippen LogP contribution in [0, 0.1) is 0 Å². The summed E-state index contributed by atoms with van der Waals surface area (Å²) in [5, 5.41) is 0.929. The maximum absolute atomic E-state index is 12.1. The molecule has 0 aliphatic carbocycles. The van der Waals surface area contributed by atoms with Crippen LogP contribution in [0.15, 0.2) is 42.5 Å². The van der Waals surface area contributed by atoms with E-state index in [0.29, 0.717) is 22.3 Å². The minimum absolute atomic E-state index is 0.0800. The van der Waals surface area contributed by atoms with Crippen molar-refractivity contribution in [3.8, 4) is 11.5 Å². The Labute approximate surface area is 145 Å². The van der Waals surface area contributed by atoms with Gasteiger partial charge in [-0.2, -0.15) is 0 Å². The zero-order chi connectivity index (χ0) is 16.8. The lowest BCUT2D eigenvalue weighted by Gasteiger charge is -2.18. The summed E-state index contributed by atoms with van der Waals surface area (Å²) in [6.45, 7) is 0.409. The third-order valence-electron chi connectivity index (χ3n) is 3.20. The van der Waals surface area contributed by atoms with Gasteiger partial charge in [0.2, 0.25) is 0 Å². The van der Waals surface area contributed by atoms with Gasteiger partial charge in [-0.3, -0.25) is 4.79 Å². The number of halogens is 2. The van der Waals surface area contributed by atoms with Crippen molar-refractivity contribution in [1.29, 1.82) is 0 Å². The van der Waals surface area contributed by atoms with Crippen LogP contribution in [-0.4, -0.2) is 31.6 Å². The first-order valence-corrected chi connectivity index (χ1v) is 7.69. The fourth-order valence-electron chi connectivity index (χ4n) is 1.96. The van der Waals surface area contributed by atoms with Crippen molar-refractivity contribution >= 4 is 29.1 Å². The van der Waals surface area contributed by atoms with Crippen LogP contribution >= 0.6 is 23.2 Å². The molecule has 0 bridgehead atoms. The lowest BCUT2D eigenvalue weighted by atomic mass is 10.2. The molecule has 0 aliphatic heterocycles. The fourth-order valence-corrected chi connectivity index (χ4v) is 2.47. The van der Waals surface area contributed by atoms with Crippen molar-refractivity contribution in [3.63, 3.8) is 0 Å². The lowest BCUT2D eigenvalue weighted by molar-refractivity contribution is -0.132. The lowest BCUT2D eigenvalue weighted by Crippen LogP contribution is -2.30. The molecule has 0 saturated carbocycles. The van der Waals surface area contributed by atoms with Crippen molar-refractivity contribution in [3.05, 3.63) is 58.1 Å². The number of carbonyl (C=O) groups is 1. The van der Waals surface area contributed by atoms with E-state index in [-0.39, 0.29) is 12.5 Å². The molecular weight excluding hydrogens is 337 g/mol. The fraction of sp³-hybridized carbons (Fsp3) is 0.235. The van der Waals surface area contributed by atoms with E-state index in [1.165, 1.54) is 0 Å². The highest BCUT2D eigenvalue weighted by Gasteiger charge is 2.11. The van der Waals surface area contributed by atoms with Gasteiger partial charge in [0, 0.05) is 23.6 Å². The molecule has 2 aromatic rings. The van der Waals surface area contributed by atoms with E-state index in [0.717, 1.165) is 11.3 Å². The molecule has 0 aromatic heterocycles. The molecule has 0 fully saturated rings. The van der Waals surface area contributed by atoms with Gasteiger partial charge in [0.1, 0.15) is 11.5 Å². The molecule has 0 heterocycles. The summed E-state index contributed by atoms with van der Waals surface area (Å²) in [5.74, 6) is 1.11. The average Bonchev–Trinajstić information content (AvgIpc) is 2.52. The SMILES string of the molecule is COc1ccc(CN(C)C(=O)COc2cc(Cl)cc(Cl)c2)cc1. The van der Waals surface area contributed by atoms with Crippen LogP contribution in [-0.2, 0) is 11.3 Å². The minimum atomic E-state index is -0.142. The molecule has 2 aromatic carbocycles. The number of hydrogen-bond donors (Lipinski definition) is 0. The Balaban J connectivity index is 1.89. The number of carbonyl (C=O) groups excluding carboxylic acids is 1. The third-order valence-corrected chi connectivity index (χ3v) is 3.64. The van der Waals surface area contributed by atoms with Gasteiger partial charge in [-0.25, -0.2) is 0 Å². The van der Waals surface area contributed by atoms with E-state index >= 15 is 0 Å². The Morgan fingerprint density at radius 3 is 2.22 bits per heavy atom. The second kappa shape index (κ2) is 8.09. The van der Waals surface area contributed by atoms with Crippen LogP contribution in [0.3, 0.4) is 0 Å². The molecule has 1 amide bonds. The number of hydrogen-bond acceptors (Lipinski definition) is 3. The normalized spacial score (nSPS) is 10.3. The Morgan fingerprint density at radius 2 is 1.65 bits per heavy atom. The van der Waals surface area contributed by atoms with Gasteiger partial charge in [-0.15, -0.1) is 0 Å². The van der Waals surface area contributed by atoms with Crippen molar-refractivity contribution in [2.45, 2.75) is 6.54 Å². The summed E-state index contributed by atoms with van der Waals surface area (Å²) >= 11 is 11.8. The first kappa shape index (κ1) is 17.4. The summed E-state index contributed by atoms with van der Waals surface area (Å²) in [6, 6.07) is 12.4. The number of benzene rings is 2. The maximum Gasteiger partial charge on any atom is 0.260 e. The van der Waals surface area contributed by atoms with Gasteiger partial charge in [-0.1, -0.05) is 35.3 Å². The second-order valence-corrected chi connectivity index (χ2v) is 5.86. The standard InChI is InChI=1S/C17H17Cl2NO3/c1-20(10-12-3-5-15(22-2)6-4-12)17(21)11-23-16-8-13(18)7-14(19)9-16/h3-9H,10-11H2,1-2H3. The molecule has 0 N–H and O–H groups in total. The Morgan fingerprint density at radius 1 is 1.04 bits per heavy atom. The van der Waals surface area contributed by atoms with Gasteiger partial charge < -0.3 is 14.4 Å². The highest BCUT2D eigenvalue weighted by Crippen LogP contribution is 2.24. The monoisotopic (exact) mass is 353 g/mol. The predicted molar refractivity (Wildman–Crippen MR) is 91.4 cm³/mol. The number of nitrogens with zero attached hydrogens (tertiary/aromatic N) is 1. The number of ether oxygens (including phenoxy) is 2. The topological polar surface area (TPSA) is 38.8 Å².